The molecule has 1 amide bonds. The van der Waals surface area contributed by atoms with Gasteiger partial charge in [0.15, 0.2) is 8.32 Å². The largest absolute Gasteiger partial charge is 0.444 e. The van der Waals surface area contributed by atoms with E-state index < -0.39 is 13.9 Å². The van der Waals surface area contributed by atoms with E-state index in [-0.39, 0.29) is 29.8 Å². The smallest absolute Gasteiger partial charge is 0.410 e. The molecule has 0 saturated carbocycles. The number of ether oxygens (including phenoxy) is 1. The second kappa shape index (κ2) is 6.49. The molecule has 0 aromatic carbocycles. The number of likely N-dealkylation sites (tertiary alicyclic amines) is 1. The van der Waals surface area contributed by atoms with Crippen molar-refractivity contribution in [1.82, 2.24) is 4.90 Å². The molecule has 0 radical (unpaired) electrons. The van der Waals surface area contributed by atoms with Crippen LogP contribution in [0.5, 0.6) is 0 Å². The van der Waals surface area contributed by atoms with E-state index in [4.69, 9.17) is 9.16 Å². The maximum absolute atomic E-state index is 12.2. The number of carbonyl (C=O) groups excluding carboxylic acids is 1. The fourth-order valence-electron chi connectivity index (χ4n) is 2.18. The summed E-state index contributed by atoms with van der Waals surface area (Å²) in [5.41, 5.74) is -0.510. The lowest BCUT2D eigenvalue weighted by molar-refractivity contribution is 0.0272. The van der Waals surface area contributed by atoms with Crippen LogP contribution in [-0.4, -0.2) is 55.8 Å². The van der Waals surface area contributed by atoms with Gasteiger partial charge in [-0.25, -0.2) is 4.79 Å². The first-order chi connectivity index (χ1) is 9.77. The molecular formula is C16H33NO4Si. The molecule has 1 saturated heterocycles. The lowest BCUT2D eigenvalue weighted by atomic mass is 10.1. The van der Waals surface area contributed by atoms with Crippen LogP contribution in [0.1, 0.15) is 41.5 Å². The molecule has 0 unspecified atom stereocenters. The number of amides is 1. The molecule has 1 aliphatic rings. The van der Waals surface area contributed by atoms with Gasteiger partial charge in [-0.05, 0) is 38.9 Å². The van der Waals surface area contributed by atoms with Crippen LogP contribution in [0.3, 0.4) is 0 Å². The Morgan fingerprint density at radius 3 is 2.14 bits per heavy atom. The van der Waals surface area contributed by atoms with E-state index in [2.05, 4.69) is 33.9 Å². The summed E-state index contributed by atoms with van der Waals surface area (Å²) in [6.07, 6.45) is -0.439. The minimum Gasteiger partial charge on any atom is -0.444 e. The predicted molar refractivity (Wildman–Crippen MR) is 90.5 cm³/mol. The summed E-state index contributed by atoms with van der Waals surface area (Å²) in [7, 11) is -1.93. The summed E-state index contributed by atoms with van der Waals surface area (Å²) in [6, 6.07) is 0. The maximum Gasteiger partial charge on any atom is 0.410 e. The fraction of sp³-hybridized carbons (Fsp3) is 0.938. The van der Waals surface area contributed by atoms with Crippen molar-refractivity contribution in [3.05, 3.63) is 0 Å². The summed E-state index contributed by atoms with van der Waals surface area (Å²) in [4.78, 5) is 13.9. The molecule has 1 heterocycles. The van der Waals surface area contributed by atoms with Gasteiger partial charge in [0, 0.05) is 19.0 Å². The monoisotopic (exact) mass is 331 g/mol. The van der Waals surface area contributed by atoms with Gasteiger partial charge in [0.25, 0.3) is 0 Å². The molecule has 0 aromatic heterocycles. The van der Waals surface area contributed by atoms with Gasteiger partial charge in [0.1, 0.15) is 5.60 Å². The van der Waals surface area contributed by atoms with Crippen molar-refractivity contribution in [3.63, 3.8) is 0 Å². The first-order valence-electron chi connectivity index (χ1n) is 8.03. The molecule has 1 aliphatic heterocycles. The molecular weight excluding hydrogens is 298 g/mol. The van der Waals surface area contributed by atoms with Crippen LogP contribution in [0.2, 0.25) is 18.1 Å². The molecule has 0 bridgehead atoms. The number of rotatable bonds is 3. The third-order valence-corrected chi connectivity index (χ3v) is 9.02. The second-order valence-electron chi connectivity index (χ2n) is 8.74. The summed E-state index contributed by atoms with van der Waals surface area (Å²) in [6.45, 7) is 17.5. The number of nitrogens with zero attached hydrogens (tertiary/aromatic N) is 1. The highest BCUT2D eigenvalue weighted by atomic mass is 28.4. The standard InChI is InChI=1S/C16H33NO4Si/c1-15(2,3)20-14(19)17-9-12(11-18)13(10-17)21-22(7,8)16(4,5)6/h12-13,18H,9-11H2,1-8H3/t12-,13+/m1/s1. The molecule has 6 heteroatoms. The van der Waals surface area contributed by atoms with Gasteiger partial charge in [-0.2, -0.15) is 0 Å². The van der Waals surface area contributed by atoms with Crippen molar-refractivity contribution in [1.29, 1.82) is 0 Å². The fourth-order valence-corrected chi connectivity index (χ4v) is 3.56. The molecule has 0 spiro atoms. The van der Waals surface area contributed by atoms with E-state index in [9.17, 15) is 9.90 Å². The third-order valence-electron chi connectivity index (χ3n) is 4.52. The second-order valence-corrected chi connectivity index (χ2v) is 13.5. The molecule has 5 nitrogen and oxygen atoms in total. The lowest BCUT2D eigenvalue weighted by Crippen LogP contribution is -2.46. The third kappa shape index (κ3) is 4.96. The Bertz CT molecular complexity index is 398. The lowest BCUT2D eigenvalue weighted by Gasteiger charge is -2.39. The van der Waals surface area contributed by atoms with E-state index in [1.807, 2.05) is 20.8 Å². The Morgan fingerprint density at radius 1 is 1.18 bits per heavy atom. The molecule has 0 aromatic rings. The van der Waals surface area contributed by atoms with Crippen LogP contribution in [0.15, 0.2) is 0 Å². The average Bonchev–Trinajstić information content (AvgIpc) is 2.67. The van der Waals surface area contributed by atoms with Crippen LogP contribution < -0.4 is 0 Å². The van der Waals surface area contributed by atoms with Crippen LogP contribution in [0.4, 0.5) is 4.79 Å². The Balaban J connectivity index is 2.76. The molecule has 0 aliphatic carbocycles. The van der Waals surface area contributed by atoms with Gasteiger partial charge in [0.2, 0.25) is 0 Å². The Labute approximate surface area is 136 Å². The summed E-state index contributed by atoms with van der Waals surface area (Å²) < 4.78 is 11.8. The number of hydrogen-bond donors (Lipinski definition) is 1. The number of aliphatic hydroxyl groups is 1. The Morgan fingerprint density at radius 2 is 1.73 bits per heavy atom. The molecule has 2 atom stereocenters. The zero-order valence-corrected chi connectivity index (χ0v) is 16.4. The van der Waals surface area contributed by atoms with Gasteiger partial charge < -0.3 is 19.2 Å². The Hall–Kier alpha value is -0.593. The van der Waals surface area contributed by atoms with E-state index in [1.54, 1.807) is 4.90 Å². The van der Waals surface area contributed by atoms with Crippen molar-refractivity contribution in [2.45, 2.75) is 71.4 Å². The molecule has 1 fully saturated rings. The van der Waals surface area contributed by atoms with Crippen LogP contribution >= 0.6 is 0 Å². The molecule has 1 rings (SSSR count). The highest BCUT2D eigenvalue weighted by Gasteiger charge is 2.44. The molecule has 1 N–H and O–H groups in total. The topological polar surface area (TPSA) is 59.0 Å². The summed E-state index contributed by atoms with van der Waals surface area (Å²) in [5.74, 6) is -0.0401. The summed E-state index contributed by atoms with van der Waals surface area (Å²) in [5, 5.41) is 9.73. The predicted octanol–water partition coefficient (Wildman–Crippen LogP) is 3.24. The number of hydrogen-bond acceptors (Lipinski definition) is 4. The van der Waals surface area contributed by atoms with Gasteiger partial charge in [0.05, 0.1) is 12.7 Å². The summed E-state index contributed by atoms with van der Waals surface area (Å²) >= 11 is 0. The van der Waals surface area contributed by atoms with Crippen molar-refractivity contribution >= 4 is 14.4 Å². The Kier molecular flexibility index (Phi) is 5.74. The normalized spacial score (nSPS) is 23.8. The quantitative estimate of drug-likeness (QED) is 0.807. The van der Waals surface area contributed by atoms with Gasteiger partial charge in [-0.3, -0.25) is 0 Å². The molecule has 130 valence electrons. The van der Waals surface area contributed by atoms with Gasteiger partial charge in [-0.15, -0.1) is 0 Å². The van der Waals surface area contributed by atoms with Crippen LogP contribution in [-0.2, 0) is 9.16 Å². The van der Waals surface area contributed by atoms with Gasteiger partial charge in [-0.1, -0.05) is 20.8 Å². The van der Waals surface area contributed by atoms with Crippen molar-refractivity contribution in [2.24, 2.45) is 5.92 Å². The first kappa shape index (κ1) is 19.5. The van der Waals surface area contributed by atoms with E-state index >= 15 is 0 Å². The van der Waals surface area contributed by atoms with E-state index in [0.717, 1.165) is 0 Å². The minimum absolute atomic E-state index is 0.0264. The van der Waals surface area contributed by atoms with E-state index in [0.29, 0.717) is 13.1 Å². The average molecular weight is 332 g/mol. The van der Waals surface area contributed by atoms with Gasteiger partial charge >= 0.3 is 6.09 Å². The minimum atomic E-state index is -1.93. The zero-order chi connectivity index (χ0) is 17.3. The van der Waals surface area contributed by atoms with E-state index in [1.165, 1.54) is 0 Å². The van der Waals surface area contributed by atoms with Crippen molar-refractivity contribution in [2.75, 3.05) is 19.7 Å². The number of aliphatic hydroxyl groups excluding tert-OH is 1. The zero-order valence-electron chi connectivity index (χ0n) is 15.4. The van der Waals surface area contributed by atoms with Crippen molar-refractivity contribution < 1.29 is 19.1 Å². The van der Waals surface area contributed by atoms with Crippen LogP contribution in [0.25, 0.3) is 0 Å². The molecule has 22 heavy (non-hydrogen) atoms. The highest BCUT2D eigenvalue weighted by molar-refractivity contribution is 6.74. The number of carbonyl (C=O) groups is 1. The van der Waals surface area contributed by atoms with Crippen LogP contribution in [0, 0.1) is 5.92 Å². The highest BCUT2D eigenvalue weighted by Crippen LogP contribution is 2.39. The van der Waals surface area contributed by atoms with Crippen molar-refractivity contribution in [3.8, 4) is 0 Å². The maximum atomic E-state index is 12.2. The first-order valence-corrected chi connectivity index (χ1v) is 10.9. The SMILES string of the molecule is CC(C)(C)OC(=O)N1C[C@H](CO)[C@@H](O[Si](C)(C)C(C)(C)C)C1.